The molecule has 3 unspecified atom stereocenters. The molecule has 39 heavy (non-hydrogen) atoms. The Hall–Kier alpha value is -3.22. The van der Waals surface area contributed by atoms with Crippen LogP contribution in [-0.2, 0) is 23.1 Å². The average Bonchev–Trinajstić information content (AvgIpc) is 3.54. The highest BCUT2D eigenvalue weighted by molar-refractivity contribution is 7.45. The number of anilines is 1. The maximum Gasteiger partial charge on any atom is 0.354 e. The van der Waals surface area contributed by atoms with E-state index in [1.807, 2.05) is 0 Å². The molecule has 0 amide bonds. The van der Waals surface area contributed by atoms with Crippen molar-refractivity contribution >= 4 is 24.9 Å². The van der Waals surface area contributed by atoms with Crippen molar-refractivity contribution in [1.29, 1.82) is 0 Å². The lowest BCUT2D eigenvalue weighted by Gasteiger charge is -2.29. The number of nitrogens with zero attached hydrogens (tertiary/aromatic N) is 6. The van der Waals surface area contributed by atoms with E-state index >= 15 is 0 Å². The van der Waals surface area contributed by atoms with E-state index in [-0.39, 0.29) is 37.4 Å². The first kappa shape index (κ1) is 28.8. The number of aliphatic hydroxyl groups excluding tert-OH is 2. The molecular formula is C20H27N8O10P. The Morgan fingerprint density at radius 1 is 1.18 bits per heavy atom. The zero-order valence-electron chi connectivity index (χ0n) is 20.8. The fourth-order valence-electron chi connectivity index (χ4n) is 4.34. The van der Waals surface area contributed by atoms with E-state index in [9.17, 15) is 29.3 Å². The van der Waals surface area contributed by atoms with Gasteiger partial charge in [0, 0.05) is 20.3 Å². The van der Waals surface area contributed by atoms with E-state index in [0.717, 1.165) is 10.9 Å². The molecule has 0 spiro atoms. The third kappa shape index (κ3) is 5.87. The first-order valence-electron chi connectivity index (χ1n) is 11.4. The highest BCUT2D eigenvalue weighted by Gasteiger charge is 2.41. The molecule has 0 radical (unpaired) electrons. The molecule has 5 rings (SSSR count). The molecule has 0 aromatic carbocycles. The predicted molar refractivity (Wildman–Crippen MR) is 129 cm³/mol. The van der Waals surface area contributed by atoms with E-state index in [4.69, 9.17) is 24.3 Å². The van der Waals surface area contributed by atoms with Crippen LogP contribution in [0.2, 0.25) is 0 Å². The molecule has 18 nitrogen and oxygen atoms in total. The van der Waals surface area contributed by atoms with Gasteiger partial charge in [-0.05, 0) is 6.92 Å². The minimum Gasteiger partial charge on any atom is -0.756 e. The second-order valence-electron chi connectivity index (χ2n) is 8.75. The largest absolute Gasteiger partial charge is 0.756 e. The van der Waals surface area contributed by atoms with Gasteiger partial charge in [0.2, 0.25) is 5.95 Å². The summed E-state index contributed by atoms with van der Waals surface area (Å²) < 4.78 is 36.4. The van der Waals surface area contributed by atoms with Crippen molar-refractivity contribution < 1.29 is 38.2 Å². The minimum atomic E-state index is -4.99. The quantitative estimate of drug-likeness (QED) is 0.167. The lowest BCUT2D eigenvalue weighted by Crippen LogP contribution is -2.31. The number of hydrogen-bond acceptors (Lipinski definition) is 15. The molecule has 0 bridgehead atoms. The van der Waals surface area contributed by atoms with Crippen LogP contribution in [0.1, 0.15) is 31.1 Å². The molecule has 19 heteroatoms. The molecule has 2 fully saturated rings. The molecule has 2 aliphatic rings. The summed E-state index contributed by atoms with van der Waals surface area (Å²) >= 11 is 0. The molecule has 5 N–H and O–H groups in total. The Kier molecular flexibility index (Phi) is 8.20. The standard InChI is InChI=1S/C19H25N8O10P.CH3/c1-8-23-16-15(17(30)24-8)21-6-26(16)13-2-9(29)12(36-13)5-34-38(32,33)37-10-3-14(35-11(10)4-28)27-7-22-18(20)25-19(27)31;/h6-7,9-14,28-29H,2-5H2,1H3,(H,32,33)(H2,20,25,31)(H,23,24,30);1H3/q;+1/p-1/t9?,10?,11-,12-,13-,14-;/m1./s1. The van der Waals surface area contributed by atoms with Gasteiger partial charge >= 0.3 is 5.69 Å². The van der Waals surface area contributed by atoms with Crippen molar-refractivity contribution in [2.24, 2.45) is 0 Å². The summed E-state index contributed by atoms with van der Waals surface area (Å²) in [6, 6.07) is 0. The van der Waals surface area contributed by atoms with Gasteiger partial charge < -0.3 is 44.3 Å². The minimum absolute atomic E-state index is 0. The Bertz CT molecular complexity index is 1490. The highest BCUT2D eigenvalue weighted by atomic mass is 31.2. The van der Waals surface area contributed by atoms with Crippen LogP contribution >= 0.6 is 7.82 Å². The number of H-pyrrole nitrogens is 1. The molecule has 0 aliphatic carbocycles. The van der Waals surface area contributed by atoms with Gasteiger partial charge in [-0.3, -0.25) is 18.5 Å². The van der Waals surface area contributed by atoms with Gasteiger partial charge in [0.25, 0.3) is 13.4 Å². The van der Waals surface area contributed by atoms with Gasteiger partial charge in [-0.15, -0.1) is 0 Å². The molecule has 0 saturated carbocycles. The maximum atomic E-state index is 12.6. The van der Waals surface area contributed by atoms with Gasteiger partial charge in [-0.1, -0.05) is 0 Å². The normalized spacial score (nSPS) is 28.4. The second-order valence-corrected chi connectivity index (χ2v) is 10.1. The van der Waals surface area contributed by atoms with E-state index < -0.39 is 69.2 Å². The molecule has 3 aromatic rings. The summed E-state index contributed by atoms with van der Waals surface area (Å²) in [6.45, 7) is 0.420. The van der Waals surface area contributed by atoms with E-state index in [2.05, 4.69) is 24.9 Å². The number of aliphatic hydroxyl groups is 2. The predicted octanol–water partition coefficient (Wildman–Crippen LogP) is -2.09. The van der Waals surface area contributed by atoms with Gasteiger partial charge in [0.1, 0.15) is 36.8 Å². The molecule has 2 saturated heterocycles. The summed E-state index contributed by atoms with van der Waals surface area (Å²) in [5.41, 5.74) is 4.51. The first-order chi connectivity index (χ1) is 18.0. The van der Waals surface area contributed by atoms with Gasteiger partial charge in [0.05, 0.1) is 31.7 Å². The number of nitrogens with one attached hydrogen (secondary N) is 1. The third-order valence-electron chi connectivity index (χ3n) is 6.14. The van der Waals surface area contributed by atoms with E-state index in [1.165, 1.54) is 10.9 Å². The molecule has 7 atom stereocenters. The summed E-state index contributed by atoms with van der Waals surface area (Å²) in [6.07, 6.45) is -3.90. The number of fused-ring (bicyclic) bond motifs is 1. The number of nitrogens with two attached hydrogens (primary N) is 1. The number of imidazole rings is 1. The topological polar surface area (TPSA) is 255 Å². The van der Waals surface area contributed by atoms with Crippen LogP contribution in [0, 0.1) is 14.4 Å². The molecule has 3 aromatic heterocycles. The SMILES string of the molecule is Cc1nc2c(ncn2[C@H]2CC(O)[C@@H](COP(=O)([O-])OC3C[C@H](n4cnc(N)nc4=O)O[C@@H]3CO)O2)c(=O)[nH]1.[CH3+]. The number of aromatic amines is 1. The third-order valence-corrected chi connectivity index (χ3v) is 7.14. The number of aryl methyl sites for hydroxylation is 1. The number of rotatable bonds is 8. The summed E-state index contributed by atoms with van der Waals surface area (Å²) in [5.74, 6) is 0.119. The van der Waals surface area contributed by atoms with Crippen molar-refractivity contribution in [3.63, 3.8) is 0 Å². The Morgan fingerprint density at radius 2 is 1.87 bits per heavy atom. The lowest BCUT2D eigenvalue weighted by atomic mass is 10.2. The number of aromatic nitrogens is 7. The Labute approximate surface area is 220 Å². The maximum absolute atomic E-state index is 12.6. The summed E-state index contributed by atoms with van der Waals surface area (Å²) in [4.78, 5) is 54.7. The summed E-state index contributed by atoms with van der Waals surface area (Å²) in [7, 11) is -4.99. The smallest absolute Gasteiger partial charge is 0.354 e. The van der Waals surface area contributed by atoms with Gasteiger partial charge in [0.15, 0.2) is 11.2 Å². The van der Waals surface area contributed by atoms with E-state index in [0.29, 0.717) is 5.82 Å². The monoisotopic (exact) mass is 570 g/mol. The van der Waals surface area contributed by atoms with Gasteiger partial charge in [-0.25, -0.2) is 19.7 Å². The number of phosphoric acid groups is 1. The van der Waals surface area contributed by atoms with Crippen LogP contribution in [0.25, 0.3) is 11.2 Å². The van der Waals surface area contributed by atoms with Crippen molar-refractivity contribution in [3.05, 3.63) is 46.7 Å². The number of ether oxygens (including phenoxy) is 2. The molecule has 212 valence electrons. The van der Waals surface area contributed by atoms with Crippen LogP contribution in [0.5, 0.6) is 0 Å². The van der Waals surface area contributed by atoms with Gasteiger partial charge in [-0.2, -0.15) is 4.98 Å². The fourth-order valence-corrected chi connectivity index (χ4v) is 5.29. The average molecular weight is 570 g/mol. The van der Waals surface area contributed by atoms with Crippen LogP contribution < -0.4 is 21.9 Å². The fraction of sp³-hybridized carbons (Fsp3) is 0.550. The zero-order chi connectivity index (χ0) is 27.2. The van der Waals surface area contributed by atoms with Crippen LogP contribution in [-0.4, -0.2) is 81.9 Å². The zero-order valence-corrected chi connectivity index (χ0v) is 21.7. The molecule has 2 aliphatic heterocycles. The van der Waals surface area contributed by atoms with Crippen molar-refractivity contribution in [2.75, 3.05) is 18.9 Å². The Morgan fingerprint density at radius 3 is 2.59 bits per heavy atom. The lowest BCUT2D eigenvalue weighted by molar-refractivity contribution is -0.234. The molecule has 5 heterocycles. The van der Waals surface area contributed by atoms with Crippen molar-refractivity contribution in [2.45, 2.75) is 56.6 Å². The summed E-state index contributed by atoms with van der Waals surface area (Å²) in [5, 5.41) is 20.1. The van der Waals surface area contributed by atoms with Crippen LogP contribution in [0.4, 0.5) is 5.95 Å². The number of phosphoric ester groups is 1. The highest BCUT2D eigenvalue weighted by Crippen LogP contribution is 2.45. The molecular weight excluding hydrogens is 543 g/mol. The first-order valence-corrected chi connectivity index (χ1v) is 12.9. The number of nitrogen functional groups attached to an aromatic ring is 1. The van der Waals surface area contributed by atoms with E-state index in [1.54, 1.807) is 6.92 Å². The van der Waals surface area contributed by atoms with Crippen LogP contribution in [0.3, 0.4) is 0 Å². The Balaban J connectivity index is 0.00000353. The van der Waals surface area contributed by atoms with Crippen molar-refractivity contribution in [3.8, 4) is 0 Å². The number of hydrogen-bond donors (Lipinski definition) is 4. The van der Waals surface area contributed by atoms with Crippen LogP contribution in [0.15, 0.2) is 22.2 Å². The van der Waals surface area contributed by atoms with Crippen molar-refractivity contribution in [1.82, 2.24) is 34.1 Å². The second kappa shape index (κ2) is 11.1.